The van der Waals surface area contributed by atoms with Gasteiger partial charge in [-0.05, 0) is 43.7 Å². The Morgan fingerprint density at radius 1 is 1.17 bits per heavy atom. The lowest BCUT2D eigenvalue weighted by atomic mass is 10.0. The third-order valence-electron chi connectivity index (χ3n) is 4.42. The Labute approximate surface area is 149 Å². The molecule has 0 radical (unpaired) electrons. The van der Waals surface area contributed by atoms with Crippen LogP contribution in [0.5, 0.6) is 5.75 Å². The lowest BCUT2D eigenvalue weighted by Gasteiger charge is -2.31. The van der Waals surface area contributed by atoms with E-state index in [0.29, 0.717) is 0 Å². The first kappa shape index (κ1) is 15.3. The molecule has 0 amide bonds. The molecule has 1 aliphatic heterocycles. The van der Waals surface area contributed by atoms with E-state index in [0.717, 1.165) is 32.9 Å². The molecular weight excluding hydrogens is 366 g/mol. The molecule has 1 aromatic heterocycles. The van der Waals surface area contributed by atoms with Crippen LogP contribution in [0.4, 0.5) is 5.69 Å². The minimum absolute atomic E-state index is 0.116. The summed E-state index contributed by atoms with van der Waals surface area (Å²) in [5, 5.41) is 8.38. The Hall–Kier alpha value is -2.27. The molecule has 5 heteroatoms. The van der Waals surface area contributed by atoms with Crippen LogP contribution in [0.2, 0.25) is 0 Å². The normalized spacial score (nSPS) is 15.4. The number of hydrogen-bond acceptors (Lipinski definition) is 3. The van der Waals surface area contributed by atoms with Crippen molar-refractivity contribution in [1.82, 2.24) is 9.78 Å². The maximum atomic E-state index is 5.59. The van der Waals surface area contributed by atoms with Gasteiger partial charge in [0.05, 0.1) is 18.5 Å². The fraction of sp³-hybridized carbons (Fsp3) is 0.211. The number of aryl methyl sites for hydroxylation is 2. The molecule has 0 unspecified atom stereocenters. The average Bonchev–Trinajstić information content (AvgIpc) is 2.96. The SMILES string of the molecule is COc1ccc(Br)cc1[C@H]1Nc2c(C)cccc2-c2cc(C)nn21. The standard InChI is InChI=1S/C19H18BrN3O/c1-11-5-4-6-14-16-9-12(2)22-23(16)19(21-18(11)14)15-10-13(20)7-8-17(15)24-3/h4-10,19,21H,1-3H3/t19-/m0/s1. The van der Waals surface area contributed by atoms with Crippen LogP contribution in [0.1, 0.15) is 23.0 Å². The average molecular weight is 384 g/mol. The summed E-state index contributed by atoms with van der Waals surface area (Å²) >= 11 is 3.57. The molecule has 24 heavy (non-hydrogen) atoms. The van der Waals surface area contributed by atoms with Gasteiger partial charge in [0.2, 0.25) is 0 Å². The van der Waals surface area contributed by atoms with E-state index in [2.05, 4.69) is 58.5 Å². The summed E-state index contributed by atoms with van der Waals surface area (Å²) in [5.41, 5.74) is 6.72. The highest BCUT2D eigenvalue weighted by molar-refractivity contribution is 9.10. The van der Waals surface area contributed by atoms with Gasteiger partial charge in [0.1, 0.15) is 5.75 Å². The van der Waals surface area contributed by atoms with Crippen molar-refractivity contribution in [3.63, 3.8) is 0 Å². The van der Waals surface area contributed by atoms with Gasteiger partial charge in [0.15, 0.2) is 6.17 Å². The summed E-state index contributed by atoms with van der Waals surface area (Å²) in [5.74, 6) is 0.840. The molecular formula is C19H18BrN3O. The molecule has 2 heterocycles. The van der Waals surface area contributed by atoms with Gasteiger partial charge < -0.3 is 10.1 Å². The summed E-state index contributed by atoms with van der Waals surface area (Å²) in [6.07, 6.45) is -0.116. The van der Waals surface area contributed by atoms with E-state index in [9.17, 15) is 0 Å². The molecule has 1 N–H and O–H groups in total. The summed E-state index contributed by atoms with van der Waals surface area (Å²) in [6, 6.07) is 14.5. The van der Waals surface area contributed by atoms with Gasteiger partial charge >= 0.3 is 0 Å². The van der Waals surface area contributed by atoms with Crippen LogP contribution in [0, 0.1) is 13.8 Å². The number of hydrogen-bond donors (Lipinski definition) is 1. The largest absolute Gasteiger partial charge is 0.496 e. The van der Waals surface area contributed by atoms with E-state index in [4.69, 9.17) is 9.84 Å². The second kappa shape index (κ2) is 5.67. The fourth-order valence-corrected chi connectivity index (χ4v) is 3.69. The fourth-order valence-electron chi connectivity index (χ4n) is 3.31. The van der Waals surface area contributed by atoms with Gasteiger partial charge in [-0.1, -0.05) is 34.1 Å². The predicted molar refractivity (Wildman–Crippen MR) is 99.6 cm³/mol. The maximum Gasteiger partial charge on any atom is 0.150 e. The van der Waals surface area contributed by atoms with Gasteiger partial charge in [-0.15, -0.1) is 0 Å². The Bertz CT molecular complexity index is 932. The number of nitrogens with zero attached hydrogens (tertiary/aromatic N) is 2. The molecule has 1 atom stereocenters. The molecule has 0 spiro atoms. The topological polar surface area (TPSA) is 39.1 Å². The second-order valence-electron chi connectivity index (χ2n) is 6.05. The van der Waals surface area contributed by atoms with E-state index in [-0.39, 0.29) is 6.17 Å². The number of aromatic nitrogens is 2. The number of anilines is 1. The number of para-hydroxylation sites is 1. The molecule has 0 bridgehead atoms. The molecule has 3 aromatic rings. The molecule has 1 aliphatic rings. The highest BCUT2D eigenvalue weighted by atomic mass is 79.9. The third kappa shape index (κ3) is 2.31. The summed E-state index contributed by atoms with van der Waals surface area (Å²) < 4.78 is 8.65. The highest BCUT2D eigenvalue weighted by Crippen LogP contribution is 2.42. The lowest BCUT2D eigenvalue weighted by molar-refractivity contribution is 0.401. The maximum absolute atomic E-state index is 5.59. The van der Waals surface area contributed by atoms with Crippen LogP contribution in [0.15, 0.2) is 46.9 Å². The van der Waals surface area contributed by atoms with E-state index >= 15 is 0 Å². The smallest absolute Gasteiger partial charge is 0.150 e. The van der Waals surface area contributed by atoms with Crippen LogP contribution in [-0.2, 0) is 0 Å². The first-order chi connectivity index (χ1) is 11.6. The molecule has 0 saturated heterocycles. The minimum Gasteiger partial charge on any atom is -0.496 e. The highest BCUT2D eigenvalue weighted by Gasteiger charge is 2.29. The number of nitrogens with one attached hydrogen (secondary N) is 1. The van der Waals surface area contributed by atoms with Gasteiger partial charge in [-0.2, -0.15) is 5.10 Å². The van der Waals surface area contributed by atoms with Gasteiger partial charge in [0, 0.05) is 21.3 Å². The number of rotatable bonds is 2. The summed E-state index contributed by atoms with van der Waals surface area (Å²) in [7, 11) is 1.70. The zero-order valence-electron chi connectivity index (χ0n) is 13.8. The van der Waals surface area contributed by atoms with Crippen LogP contribution < -0.4 is 10.1 Å². The van der Waals surface area contributed by atoms with E-state index in [1.165, 1.54) is 11.1 Å². The van der Waals surface area contributed by atoms with Crippen molar-refractivity contribution in [3.8, 4) is 17.0 Å². The van der Waals surface area contributed by atoms with E-state index < -0.39 is 0 Å². The molecule has 4 nitrogen and oxygen atoms in total. The Morgan fingerprint density at radius 3 is 2.79 bits per heavy atom. The van der Waals surface area contributed by atoms with Crippen molar-refractivity contribution >= 4 is 21.6 Å². The minimum atomic E-state index is -0.116. The van der Waals surface area contributed by atoms with E-state index in [1.807, 2.05) is 23.7 Å². The number of ether oxygens (including phenoxy) is 1. The van der Waals surface area contributed by atoms with Gasteiger partial charge in [0.25, 0.3) is 0 Å². The van der Waals surface area contributed by atoms with Crippen LogP contribution in [0.3, 0.4) is 0 Å². The summed E-state index contributed by atoms with van der Waals surface area (Å²) in [4.78, 5) is 0. The molecule has 0 aliphatic carbocycles. The molecule has 2 aromatic carbocycles. The van der Waals surface area contributed by atoms with Gasteiger partial charge in [-0.3, -0.25) is 0 Å². The number of benzene rings is 2. The summed E-state index contributed by atoms with van der Waals surface area (Å²) in [6.45, 7) is 4.15. The number of methoxy groups -OCH3 is 1. The second-order valence-corrected chi connectivity index (χ2v) is 6.96. The Morgan fingerprint density at radius 2 is 2.00 bits per heavy atom. The first-order valence-electron chi connectivity index (χ1n) is 7.84. The van der Waals surface area contributed by atoms with Crippen molar-refractivity contribution < 1.29 is 4.74 Å². The Balaban J connectivity index is 1.96. The van der Waals surface area contributed by atoms with Gasteiger partial charge in [-0.25, -0.2) is 4.68 Å². The van der Waals surface area contributed by atoms with Crippen molar-refractivity contribution in [2.24, 2.45) is 0 Å². The molecule has 0 saturated carbocycles. The monoisotopic (exact) mass is 383 g/mol. The van der Waals surface area contributed by atoms with Crippen molar-refractivity contribution in [1.29, 1.82) is 0 Å². The molecule has 0 fully saturated rings. The van der Waals surface area contributed by atoms with Crippen molar-refractivity contribution in [2.45, 2.75) is 20.0 Å². The predicted octanol–water partition coefficient (Wildman–Crippen LogP) is 4.91. The quantitative estimate of drug-likeness (QED) is 0.682. The van der Waals surface area contributed by atoms with Crippen LogP contribution in [0.25, 0.3) is 11.3 Å². The molecule has 4 rings (SSSR count). The van der Waals surface area contributed by atoms with Crippen molar-refractivity contribution in [2.75, 3.05) is 12.4 Å². The number of halogens is 1. The van der Waals surface area contributed by atoms with Crippen molar-refractivity contribution in [3.05, 3.63) is 63.8 Å². The third-order valence-corrected chi connectivity index (χ3v) is 4.91. The number of fused-ring (bicyclic) bond motifs is 3. The zero-order chi connectivity index (χ0) is 16.8. The zero-order valence-corrected chi connectivity index (χ0v) is 15.4. The Kier molecular flexibility index (Phi) is 3.61. The molecule has 122 valence electrons. The van der Waals surface area contributed by atoms with Crippen LogP contribution >= 0.6 is 15.9 Å². The first-order valence-corrected chi connectivity index (χ1v) is 8.64. The lowest BCUT2D eigenvalue weighted by Crippen LogP contribution is -2.26. The van der Waals surface area contributed by atoms with E-state index in [1.54, 1.807) is 7.11 Å². The van der Waals surface area contributed by atoms with Crippen LogP contribution in [-0.4, -0.2) is 16.9 Å².